The van der Waals surface area contributed by atoms with E-state index in [2.05, 4.69) is 24.0 Å². The number of nitrogens with zero attached hydrogens (tertiary/aromatic N) is 2. The van der Waals surface area contributed by atoms with Gasteiger partial charge >= 0.3 is 12.1 Å². The van der Waals surface area contributed by atoms with Crippen molar-refractivity contribution in [2.24, 2.45) is 0 Å². The van der Waals surface area contributed by atoms with Gasteiger partial charge in [-0.2, -0.15) is 13.2 Å². The van der Waals surface area contributed by atoms with Crippen molar-refractivity contribution in [2.75, 3.05) is 32.8 Å². The summed E-state index contributed by atoms with van der Waals surface area (Å²) in [6.45, 7) is 9.79. The molecule has 0 saturated carbocycles. The topological polar surface area (TPSA) is 49.9 Å². The average Bonchev–Trinajstić information content (AvgIpc) is 3.08. The van der Waals surface area contributed by atoms with E-state index in [-0.39, 0.29) is 23.3 Å². The molecule has 1 heterocycles. The van der Waals surface area contributed by atoms with E-state index in [4.69, 9.17) is 4.74 Å². The van der Waals surface area contributed by atoms with Crippen molar-refractivity contribution in [3.8, 4) is 11.1 Å². The summed E-state index contributed by atoms with van der Waals surface area (Å²) in [4.78, 5) is 31.0. The fourth-order valence-corrected chi connectivity index (χ4v) is 6.75. The Balaban J connectivity index is 1.38. The van der Waals surface area contributed by atoms with E-state index in [1.807, 2.05) is 36.9 Å². The molecule has 0 aromatic heterocycles. The number of halogens is 3. The van der Waals surface area contributed by atoms with Gasteiger partial charge in [-0.25, -0.2) is 0 Å². The number of esters is 1. The molecule has 248 valence electrons. The Morgan fingerprint density at radius 1 is 0.870 bits per heavy atom. The summed E-state index contributed by atoms with van der Waals surface area (Å²) < 4.78 is 44.9. The zero-order valence-corrected chi connectivity index (χ0v) is 27.3. The Morgan fingerprint density at radius 2 is 1.52 bits per heavy atom. The maximum Gasteiger partial charge on any atom is 0.416 e. The van der Waals surface area contributed by atoms with Gasteiger partial charge in [0.15, 0.2) is 0 Å². The standard InChI is InChI=1S/C38H47F3N2O3/c1-4-27-46-35(44)28-37(5-2,30-13-8-7-9-14-30)23-12-24-42-25-21-32(22-26-42)43(6-3)36(45)34-16-11-10-15-33(34)29-17-19-31(20-18-29)38(39,40)41/h7-11,13-20,32H,4-6,12,21-28H2,1-3H3. The number of carbonyl (C=O) groups excluding carboxylic acids is 2. The van der Waals surface area contributed by atoms with Crippen molar-refractivity contribution in [3.63, 3.8) is 0 Å². The monoisotopic (exact) mass is 636 g/mol. The van der Waals surface area contributed by atoms with Crippen LogP contribution >= 0.6 is 0 Å². The molecule has 1 saturated heterocycles. The van der Waals surface area contributed by atoms with Crippen molar-refractivity contribution < 1.29 is 27.5 Å². The highest BCUT2D eigenvalue weighted by Crippen LogP contribution is 2.37. The third-order valence-electron chi connectivity index (χ3n) is 9.42. The minimum Gasteiger partial charge on any atom is -0.466 e. The first-order valence-corrected chi connectivity index (χ1v) is 16.6. The van der Waals surface area contributed by atoms with Crippen molar-refractivity contribution in [1.29, 1.82) is 0 Å². The van der Waals surface area contributed by atoms with Crippen LogP contribution in [-0.4, -0.2) is 60.5 Å². The van der Waals surface area contributed by atoms with Crippen LogP contribution in [0.2, 0.25) is 0 Å². The average molecular weight is 637 g/mol. The van der Waals surface area contributed by atoms with Crippen molar-refractivity contribution >= 4 is 11.9 Å². The molecule has 0 spiro atoms. The molecule has 1 atom stereocenters. The van der Waals surface area contributed by atoms with Crippen LogP contribution in [0, 0.1) is 0 Å². The Bertz CT molecular complexity index is 1400. The molecule has 1 fully saturated rings. The molecule has 5 nitrogen and oxygen atoms in total. The summed E-state index contributed by atoms with van der Waals surface area (Å²) in [7, 11) is 0. The first-order valence-electron chi connectivity index (χ1n) is 16.6. The first kappa shape index (κ1) is 35.2. The maximum absolute atomic E-state index is 13.9. The highest BCUT2D eigenvalue weighted by Gasteiger charge is 2.34. The molecular formula is C38H47F3N2O3. The number of benzene rings is 3. The molecule has 1 unspecified atom stereocenters. The van der Waals surface area contributed by atoms with Gasteiger partial charge in [0.05, 0.1) is 18.6 Å². The van der Waals surface area contributed by atoms with Crippen LogP contribution in [0.4, 0.5) is 13.2 Å². The van der Waals surface area contributed by atoms with Crippen LogP contribution in [0.15, 0.2) is 78.9 Å². The number of alkyl halides is 3. The molecular weight excluding hydrogens is 589 g/mol. The zero-order chi connectivity index (χ0) is 33.2. The van der Waals surface area contributed by atoms with E-state index < -0.39 is 11.7 Å². The number of ether oxygens (including phenoxy) is 1. The van der Waals surface area contributed by atoms with Gasteiger partial charge in [-0.1, -0.05) is 74.5 Å². The molecule has 0 radical (unpaired) electrons. The second kappa shape index (κ2) is 16.3. The SMILES string of the molecule is CCCOC(=O)CC(CC)(CCCN1CCC(N(CC)C(=O)c2ccccc2-c2ccc(C(F)(F)F)cc2)CC1)c1ccccc1. The Labute approximate surface area is 271 Å². The number of hydrogen-bond acceptors (Lipinski definition) is 4. The van der Waals surface area contributed by atoms with Crippen LogP contribution in [0.1, 0.15) is 87.2 Å². The lowest BCUT2D eigenvalue weighted by molar-refractivity contribution is -0.145. The van der Waals surface area contributed by atoms with Gasteiger partial charge in [-0.15, -0.1) is 0 Å². The van der Waals surface area contributed by atoms with Gasteiger partial charge in [0.1, 0.15) is 0 Å². The smallest absolute Gasteiger partial charge is 0.416 e. The second-order valence-electron chi connectivity index (χ2n) is 12.3. The highest BCUT2D eigenvalue weighted by atomic mass is 19.4. The van der Waals surface area contributed by atoms with E-state index in [0.717, 1.165) is 70.3 Å². The normalized spacial score (nSPS) is 15.7. The fraction of sp³-hybridized carbons (Fsp3) is 0.474. The lowest BCUT2D eigenvalue weighted by Gasteiger charge is -2.39. The lowest BCUT2D eigenvalue weighted by Crippen LogP contribution is -2.47. The van der Waals surface area contributed by atoms with Crippen molar-refractivity contribution in [3.05, 3.63) is 95.6 Å². The number of hydrogen-bond donors (Lipinski definition) is 0. The predicted molar refractivity (Wildman–Crippen MR) is 177 cm³/mol. The van der Waals surface area contributed by atoms with E-state index in [1.54, 1.807) is 24.3 Å². The van der Waals surface area contributed by atoms with E-state index in [1.165, 1.54) is 17.7 Å². The second-order valence-corrected chi connectivity index (χ2v) is 12.3. The third-order valence-corrected chi connectivity index (χ3v) is 9.42. The van der Waals surface area contributed by atoms with Gasteiger partial charge < -0.3 is 14.5 Å². The zero-order valence-electron chi connectivity index (χ0n) is 27.3. The van der Waals surface area contributed by atoms with Crippen LogP contribution in [-0.2, 0) is 21.1 Å². The van der Waals surface area contributed by atoms with Gasteiger partial charge in [0.2, 0.25) is 0 Å². The van der Waals surface area contributed by atoms with Gasteiger partial charge in [0.25, 0.3) is 5.91 Å². The molecule has 3 aromatic carbocycles. The number of likely N-dealkylation sites (tertiary alicyclic amines) is 1. The Morgan fingerprint density at radius 3 is 2.13 bits per heavy atom. The summed E-state index contributed by atoms with van der Waals surface area (Å²) in [5, 5.41) is 0. The van der Waals surface area contributed by atoms with Gasteiger partial charge in [0, 0.05) is 36.7 Å². The summed E-state index contributed by atoms with van der Waals surface area (Å²) in [6.07, 6.45) is 1.15. The molecule has 1 aliphatic heterocycles. The van der Waals surface area contributed by atoms with Crippen molar-refractivity contribution in [1.82, 2.24) is 9.80 Å². The van der Waals surface area contributed by atoms with E-state index >= 15 is 0 Å². The number of amides is 1. The molecule has 46 heavy (non-hydrogen) atoms. The molecule has 0 N–H and O–H groups in total. The maximum atomic E-state index is 13.9. The van der Waals surface area contributed by atoms with Gasteiger partial charge in [-0.3, -0.25) is 9.59 Å². The van der Waals surface area contributed by atoms with E-state index in [9.17, 15) is 22.8 Å². The summed E-state index contributed by atoms with van der Waals surface area (Å²) >= 11 is 0. The Kier molecular flexibility index (Phi) is 12.4. The summed E-state index contributed by atoms with van der Waals surface area (Å²) in [6, 6.07) is 22.5. The third kappa shape index (κ3) is 8.78. The minimum atomic E-state index is -4.41. The Hall–Kier alpha value is -3.65. The first-order chi connectivity index (χ1) is 22.1. The van der Waals surface area contributed by atoms with Crippen molar-refractivity contribution in [2.45, 2.75) is 83.4 Å². The van der Waals surface area contributed by atoms with Gasteiger partial charge in [-0.05, 0) is 86.9 Å². The molecule has 4 rings (SSSR count). The predicted octanol–water partition coefficient (Wildman–Crippen LogP) is 8.77. The van der Waals surface area contributed by atoms with Crippen LogP contribution < -0.4 is 0 Å². The quantitative estimate of drug-likeness (QED) is 0.166. The highest BCUT2D eigenvalue weighted by molar-refractivity contribution is 6.01. The van der Waals surface area contributed by atoms with Crippen LogP contribution in [0.5, 0.6) is 0 Å². The minimum absolute atomic E-state index is 0.0850. The summed E-state index contributed by atoms with van der Waals surface area (Å²) in [5.74, 6) is -0.236. The molecule has 0 aliphatic carbocycles. The fourth-order valence-electron chi connectivity index (χ4n) is 6.75. The van der Waals surface area contributed by atoms with Crippen LogP contribution in [0.3, 0.4) is 0 Å². The molecule has 0 bridgehead atoms. The molecule has 3 aromatic rings. The molecule has 1 amide bonds. The summed E-state index contributed by atoms with van der Waals surface area (Å²) in [5.41, 5.74) is 1.92. The lowest BCUT2D eigenvalue weighted by atomic mass is 9.72. The van der Waals surface area contributed by atoms with Crippen LogP contribution in [0.25, 0.3) is 11.1 Å². The number of piperidine rings is 1. The molecule has 8 heteroatoms. The number of rotatable bonds is 14. The molecule has 1 aliphatic rings. The number of carbonyl (C=O) groups is 2. The largest absolute Gasteiger partial charge is 0.466 e. The van der Waals surface area contributed by atoms with E-state index in [0.29, 0.717) is 36.3 Å².